The van der Waals surface area contributed by atoms with Crippen LogP contribution in [0.3, 0.4) is 0 Å². The highest BCUT2D eigenvalue weighted by atomic mass is 16.5. The van der Waals surface area contributed by atoms with Crippen molar-refractivity contribution in [3.8, 4) is 5.75 Å². The van der Waals surface area contributed by atoms with E-state index in [1.807, 2.05) is 30.5 Å². The van der Waals surface area contributed by atoms with Crippen LogP contribution < -0.4 is 10.1 Å². The van der Waals surface area contributed by atoms with E-state index in [0.29, 0.717) is 6.54 Å². The molecule has 0 fully saturated rings. The summed E-state index contributed by atoms with van der Waals surface area (Å²) in [4.78, 5) is 10.8. The van der Waals surface area contributed by atoms with Crippen molar-refractivity contribution in [2.45, 2.75) is 13.5 Å². The smallest absolute Gasteiger partial charge is 0.216 e. The number of carbonyl (C=O) groups excluding carboxylic acids is 1. The number of rotatable bonds is 4. The van der Waals surface area contributed by atoms with Gasteiger partial charge in [0.15, 0.2) is 0 Å². The minimum atomic E-state index is 0.00290. The van der Waals surface area contributed by atoms with Crippen molar-refractivity contribution in [3.63, 3.8) is 0 Å². The average Bonchev–Trinajstić information content (AvgIpc) is 2.71. The molecule has 0 saturated carbocycles. The maximum atomic E-state index is 10.8. The van der Waals surface area contributed by atoms with Crippen molar-refractivity contribution in [2.75, 3.05) is 13.7 Å². The second-order valence-corrected chi connectivity index (χ2v) is 3.92. The fourth-order valence-electron chi connectivity index (χ4n) is 1.85. The van der Waals surface area contributed by atoms with E-state index in [2.05, 4.69) is 9.88 Å². The third-order valence-corrected chi connectivity index (χ3v) is 2.70. The van der Waals surface area contributed by atoms with Gasteiger partial charge in [-0.25, -0.2) is 0 Å². The number of fused-ring (bicyclic) bond motifs is 1. The van der Waals surface area contributed by atoms with Crippen LogP contribution in [0.1, 0.15) is 6.92 Å². The second-order valence-electron chi connectivity index (χ2n) is 3.92. The Balaban J connectivity index is 2.16. The van der Waals surface area contributed by atoms with Gasteiger partial charge >= 0.3 is 0 Å². The van der Waals surface area contributed by atoms with Gasteiger partial charge in [0.05, 0.1) is 7.11 Å². The Morgan fingerprint density at radius 1 is 1.41 bits per heavy atom. The summed E-state index contributed by atoms with van der Waals surface area (Å²) in [6.45, 7) is 2.94. The molecule has 0 radical (unpaired) electrons. The highest BCUT2D eigenvalue weighted by molar-refractivity contribution is 5.81. The SMILES string of the molecule is COc1ccc2c(ccn2CCNC(C)=O)c1. The van der Waals surface area contributed by atoms with Crippen molar-refractivity contribution in [1.29, 1.82) is 0 Å². The predicted octanol–water partition coefficient (Wildman–Crippen LogP) is 1.79. The zero-order chi connectivity index (χ0) is 12.3. The fourth-order valence-corrected chi connectivity index (χ4v) is 1.85. The standard InChI is InChI=1S/C13H16N2O2/c1-10(16)14-6-8-15-7-5-11-9-12(17-2)3-4-13(11)15/h3-5,7,9H,6,8H2,1-2H3,(H,14,16). The highest BCUT2D eigenvalue weighted by Gasteiger charge is 2.02. The number of benzene rings is 1. The van der Waals surface area contributed by atoms with Crippen molar-refractivity contribution >= 4 is 16.8 Å². The number of ether oxygens (including phenoxy) is 1. The van der Waals surface area contributed by atoms with Crippen LogP contribution in [0.2, 0.25) is 0 Å². The van der Waals surface area contributed by atoms with Gasteiger partial charge in [-0.3, -0.25) is 4.79 Å². The van der Waals surface area contributed by atoms with E-state index >= 15 is 0 Å². The molecule has 1 amide bonds. The molecule has 0 bridgehead atoms. The maximum absolute atomic E-state index is 10.8. The molecule has 0 unspecified atom stereocenters. The Morgan fingerprint density at radius 2 is 2.24 bits per heavy atom. The molecule has 4 heteroatoms. The molecule has 4 nitrogen and oxygen atoms in total. The number of hydrogen-bond donors (Lipinski definition) is 1. The van der Waals surface area contributed by atoms with E-state index < -0.39 is 0 Å². The van der Waals surface area contributed by atoms with Gasteiger partial charge in [0.1, 0.15) is 5.75 Å². The summed E-state index contributed by atoms with van der Waals surface area (Å²) in [6.07, 6.45) is 2.02. The average molecular weight is 232 g/mol. The molecule has 0 aliphatic heterocycles. The highest BCUT2D eigenvalue weighted by Crippen LogP contribution is 2.21. The normalized spacial score (nSPS) is 10.5. The Bertz CT molecular complexity index is 531. The molecule has 1 aromatic carbocycles. The number of nitrogens with one attached hydrogen (secondary N) is 1. The van der Waals surface area contributed by atoms with Gasteiger partial charge in [0.25, 0.3) is 0 Å². The number of methoxy groups -OCH3 is 1. The van der Waals surface area contributed by atoms with Crippen LogP contribution in [0.4, 0.5) is 0 Å². The zero-order valence-electron chi connectivity index (χ0n) is 10.1. The van der Waals surface area contributed by atoms with Crippen LogP contribution >= 0.6 is 0 Å². The molecule has 0 atom stereocenters. The first-order chi connectivity index (χ1) is 8.20. The molecule has 0 aliphatic carbocycles. The Morgan fingerprint density at radius 3 is 2.94 bits per heavy atom. The minimum Gasteiger partial charge on any atom is -0.497 e. The minimum absolute atomic E-state index is 0.00290. The molecule has 0 saturated heterocycles. The first-order valence-corrected chi connectivity index (χ1v) is 5.58. The zero-order valence-corrected chi connectivity index (χ0v) is 10.1. The van der Waals surface area contributed by atoms with Crippen LogP contribution in [0.25, 0.3) is 10.9 Å². The first kappa shape index (κ1) is 11.5. The number of aromatic nitrogens is 1. The number of carbonyl (C=O) groups is 1. The monoisotopic (exact) mass is 232 g/mol. The van der Waals surface area contributed by atoms with Gasteiger partial charge < -0.3 is 14.6 Å². The third-order valence-electron chi connectivity index (χ3n) is 2.70. The molecule has 1 heterocycles. The maximum Gasteiger partial charge on any atom is 0.216 e. The predicted molar refractivity (Wildman–Crippen MR) is 67.2 cm³/mol. The van der Waals surface area contributed by atoms with Crippen LogP contribution in [0.15, 0.2) is 30.5 Å². The van der Waals surface area contributed by atoms with Gasteiger partial charge in [-0.15, -0.1) is 0 Å². The Kier molecular flexibility index (Phi) is 3.32. The molecular weight excluding hydrogens is 216 g/mol. The van der Waals surface area contributed by atoms with Crippen LogP contribution in [0.5, 0.6) is 5.75 Å². The van der Waals surface area contributed by atoms with Crippen molar-refractivity contribution < 1.29 is 9.53 Å². The number of amides is 1. The van der Waals surface area contributed by atoms with E-state index in [1.165, 1.54) is 6.92 Å². The third kappa shape index (κ3) is 2.58. The van der Waals surface area contributed by atoms with Gasteiger partial charge in [0, 0.05) is 37.1 Å². The van der Waals surface area contributed by atoms with E-state index in [4.69, 9.17) is 4.74 Å². The summed E-state index contributed by atoms with van der Waals surface area (Å²) in [6, 6.07) is 8.02. The largest absolute Gasteiger partial charge is 0.497 e. The lowest BCUT2D eigenvalue weighted by Gasteiger charge is -2.06. The molecule has 1 N–H and O–H groups in total. The van der Waals surface area contributed by atoms with Gasteiger partial charge in [-0.1, -0.05) is 0 Å². The summed E-state index contributed by atoms with van der Waals surface area (Å²) in [5.41, 5.74) is 1.15. The molecule has 2 aromatic rings. The summed E-state index contributed by atoms with van der Waals surface area (Å²) in [7, 11) is 1.66. The van der Waals surface area contributed by atoms with E-state index in [1.54, 1.807) is 7.11 Å². The molecule has 0 spiro atoms. The van der Waals surface area contributed by atoms with Crippen molar-refractivity contribution in [2.24, 2.45) is 0 Å². The summed E-state index contributed by atoms with van der Waals surface area (Å²) in [5.74, 6) is 0.861. The van der Waals surface area contributed by atoms with E-state index in [9.17, 15) is 4.79 Å². The van der Waals surface area contributed by atoms with Crippen molar-refractivity contribution in [1.82, 2.24) is 9.88 Å². The van der Waals surface area contributed by atoms with Gasteiger partial charge in [-0.2, -0.15) is 0 Å². The molecule has 17 heavy (non-hydrogen) atoms. The lowest BCUT2D eigenvalue weighted by atomic mass is 10.2. The van der Waals surface area contributed by atoms with Crippen LogP contribution in [-0.4, -0.2) is 24.1 Å². The Labute approximate surface area is 100 Å². The molecule has 1 aromatic heterocycles. The quantitative estimate of drug-likeness (QED) is 0.873. The van der Waals surface area contributed by atoms with Gasteiger partial charge in [0.2, 0.25) is 5.91 Å². The molecular formula is C13H16N2O2. The topological polar surface area (TPSA) is 43.3 Å². The van der Waals surface area contributed by atoms with Gasteiger partial charge in [-0.05, 0) is 24.3 Å². The molecule has 90 valence electrons. The van der Waals surface area contributed by atoms with E-state index in [-0.39, 0.29) is 5.91 Å². The lowest BCUT2D eigenvalue weighted by molar-refractivity contribution is -0.118. The first-order valence-electron chi connectivity index (χ1n) is 5.58. The number of hydrogen-bond acceptors (Lipinski definition) is 2. The van der Waals surface area contributed by atoms with Crippen LogP contribution in [0, 0.1) is 0 Å². The van der Waals surface area contributed by atoms with Crippen LogP contribution in [-0.2, 0) is 11.3 Å². The Hall–Kier alpha value is -1.97. The fraction of sp³-hybridized carbons (Fsp3) is 0.308. The molecule has 0 aliphatic rings. The number of nitrogens with zero attached hydrogens (tertiary/aromatic N) is 1. The lowest BCUT2D eigenvalue weighted by Crippen LogP contribution is -2.24. The van der Waals surface area contributed by atoms with Crippen molar-refractivity contribution in [3.05, 3.63) is 30.5 Å². The van der Waals surface area contributed by atoms with E-state index in [0.717, 1.165) is 23.2 Å². The molecule has 2 rings (SSSR count). The second kappa shape index (κ2) is 4.91. The summed E-state index contributed by atoms with van der Waals surface area (Å²) in [5, 5.41) is 3.93. The summed E-state index contributed by atoms with van der Waals surface area (Å²) < 4.78 is 7.29. The summed E-state index contributed by atoms with van der Waals surface area (Å²) >= 11 is 0.